The summed E-state index contributed by atoms with van der Waals surface area (Å²) in [5.41, 5.74) is 1.48. The van der Waals surface area contributed by atoms with Crippen LogP contribution in [0.25, 0.3) is 21.5 Å². The molecule has 1 fully saturated rings. The van der Waals surface area contributed by atoms with Gasteiger partial charge in [0, 0.05) is 23.8 Å². The smallest absolute Gasteiger partial charge is 0.263 e. The van der Waals surface area contributed by atoms with Gasteiger partial charge in [-0.05, 0) is 37.8 Å². The number of thiazole rings is 1. The van der Waals surface area contributed by atoms with Gasteiger partial charge in [-0.15, -0.1) is 11.3 Å². The van der Waals surface area contributed by atoms with Gasteiger partial charge in [0.25, 0.3) is 5.91 Å². The van der Waals surface area contributed by atoms with E-state index < -0.39 is 11.6 Å². The molecule has 0 aromatic carbocycles. The van der Waals surface area contributed by atoms with Crippen molar-refractivity contribution in [1.82, 2.24) is 15.0 Å². The molecule has 1 amide bonds. The second kappa shape index (κ2) is 6.48. The zero-order chi connectivity index (χ0) is 17.3. The molecule has 0 bridgehead atoms. The number of anilines is 1. The van der Waals surface area contributed by atoms with Gasteiger partial charge in [-0.3, -0.25) is 9.78 Å². The van der Waals surface area contributed by atoms with E-state index in [1.807, 2.05) is 12.1 Å². The Hall–Kier alpha value is -2.41. The number of hydrogen-bond acceptors (Lipinski definition) is 5. The third kappa shape index (κ3) is 3.24. The van der Waals surface area contributed by atoms with Crippen LogP contribution in [0.1, 0.15) is 32.1 Å². The zero-order valence-corrected chi connectivity index (χ0v) is 14.4. The van der Waals surface area contributed by atoms with Crippen molar-refractivity contribution in [3.63, 3.8) is 0 Å². The number of alkyl halides is 1. The first-order valence-electron chi connectivity index (χ1n) is 8.30. The number of amides is 1. The van der Waals surface area contributed by atoms with E-state index in [9.17, 15) is 9.18 Å². The Morgan fingerprint density at radius 1 is 1.20 bits per heavy atom. The highest BCUT2D eigenvalue weighted by molar-refractivity contribution is 7.13. The first-order chi connectivity index (χ1) is 12.1. The fourth-order valence-electron chi connectivity index (χ4n) is 3.13. The Balaban J connectivity index is 1.60. The Bertz CT molecular complexity index is 907. The summed E-state index contributed by atoms with van der Waals surface area (Å²) >= 11 is 1.51. The van der Waals surface area contributed by atoms with Crippen LogP contribution in [0, 0.1) is 0 Å². The maximum Gasteiger partial charge on any atom is 0.263 e. The largest absolute Gasteiger partial charge is 0.308 e. The molecule has 5 nitrogen and oxygen atoms in total. The van der Waals surface area contributed by atoms with Crippen molar-refractivity contribution < 1.29 is 9.18 Å². The van der Waals surface area contributed by atoms with Gasteiger partial charge in [-0.1, -0.05) is 6.42 Å². The standard InChI is InChI=1S/C18H17FN4OS/c19-18(6-2-1-3-7-18)17(24)23-16-8-14-12(9-21-16)4-5-13(22-14)15-10-20-11-25-15/h4-5,8-11H,1-3,6-7H2,(H,21,23,24). The SMILES string of the molecule is O=C(Nc1cc2nc(-c3cncs3)ccc2cn1)C1(F)CCCCC1. The number of hydrogen-bond donors (Lipinski definition) is 1. The highest BCUT2D eigenvalue weighted by Crippen LogP contribution is 2.33. The molecule has 1 N–H and O–H groups in total. The molecular formula is C18H17FN4OS. The second-order valence-electron chi connectivity index (χ2n) is 6.30. The molecule has 0 saturated heterocycles. The van der Waals surface area contributed by atoms with Crippen LogP contribution in [0.4, 0.5) is 10.2 Å². The highest BCUT2D eigenvalue weighted by atomic mass is 32.1. The third-order valence-corrected chi connectivity index (χ3v) is 5.35. The van der Waals surface area contributed by atoms with E-state index in [0.717, 1.165) is 35.2 Å². The lowest BCUT2D eigenvalue weighted by molar-refractivity contribution is -0.129. The van der Waals surface area contributed by atoms with Gasteiger partial charge in [0.1, 0.15) is 5.82 Å². The van der Waals surface area contributed by atoms with Crippen LogP contribution in [-0.2, 0) is 4.79 Å². The summed E-state index contributed by atoms with van der Waals surface area (Å²) < 4.78 is 14.8. The first-order valence-corrected chi connectivity index (χ1v) is 9.18. The normalized spacial score (nSPS) is 16.7. The predicted molar refractivity (Wildman–Crippen MR) is 96.2 cm³/mol. The predicted octanol–water partition coefficient (Wildman–Crippen LogP) is 4.36. The van der Waals surface area contributed by atoms with E-state index in [4.69, 9.17) is 0 Å². The minimum absolute atomic E-state index is 0.278. The molecule has 0 unspecified atom stereocenters. The van der Waals surface area contributed by atoms with E-state index in [0.29, 0.717) is 11.3 Å². The van der Waals surface area contributed by atoms with Gasteiger partial charge >= 0.3 is 0 Å². The average molecular weight is 356 g/mol. The summed E-state index contributed by atoms with van der Waals surface area (Å²) in [7, 11) is 0. The average Bonchev–Trinajstić information content (AvgIpc) is 3.16. The minimum atomic E-state index is -1.78. The van der Waals surface area contributed by atoms with Gasteiger partial charge < -0.3 is 5.32 Å². The molecule has 0 aliphatic heterocycles. The number of fused-ring (bicyclic) bond motifs is 1. The van der Waals surface area contributed by atoms with Crippen LogP contribution < -0.4 is 5.32 Å². The van der Waals surface area contributed by atoms with Crippen LogP contribution in [0.3, 0.4) is 0 Å². The molecule has 25 heavy (non-hydrogen) atoms. The number of pyridine rings is 2. The maximum atomic E-state index is 14.8. The molecule has 0 radical (unpaired) electrons. The maximum absolute atomic E-state index is 14.8. The molecule has 128 valence electrons. The molecule has 3 heterocycles. The topological polar surface area (TPSA) is 67.8 Å². The summed E-state index contributed by atoms with van der Waals surface area (Å²) in [4.78, 5) is 26.2. The summed E-state index contributed by atoms with van der Waals surface area (Å²) in [5.74, 6) is -0.272. The molecule has 1 saturated carbocycles. The second-order valence-corrected chi connectivity index (χ2v) is 7.19. The summed E-state index contributed by atoms with van der Waals surface area (Å²) in [6.45, 7) is 0. The van der Waals surface area contributed by atoms with Gasteiger partial charge in [0.15, 0.2) is 5.67 Å². The molecule has 7 heteroatoms. The quantitative estimate of drug-likeness (QED) is 0.757. The van der Waals surface area contributed by atoms with Gasteiger partial charge in [0.2, 0.25) is 0 Å². The van der Waals surface area contributed by atoms with E-state index in [1.165, 1.54) is 11.3 Å². The molecule has 1 aliphatic rings. The number of aromatic nitrogens is 3. The lowest BCUT2D eigenvalue weighted by Gasteiger charge is -2.27. The van der Waals surface area contributed by atoms with Crippen molar-refractivity contribution in [2.75, 3.05) is 5.32 Å². The third-order valence-electron chi connectivity index (χ3n) is 4.55. The first kappa shape index (κ1) is 16.1. The fourth-order valence-corrected chi connectivity index (χ4v) is 3.72. The number of nitrogens with zero attached hydrogens (tertiary/aromatic N) is 3. The fraction of sp³-hybridized carbons (Fsp3) is 0.333. The van der Waals surface area contributed by atoms with E-state index >= 15 is 0 Å². The monoisotopic (exact) mass is 356 g/mol. The van der Waals surface area contributed by atoms with E-state index in [-0.39, 0.29) is 12.8 Å². The van der Waals surface area contributed by atoms with Crippen LogP contribution >= 0.6 is 11.3 Å². The van der Waals surface area contributed by atoms with E-state index in [1.54, 1.807) is 24.0 Å². The Morgan fingerprint density at radius 2 is 2.04 bits per heavy atom. The van der Waals surface area contributed by atoms with Crippen LogP contribution in [0.5, 0.6) is 0 Å². The van der Waals surface area contributed by atoms with Gasteiger partial charge in [-0.2, -0.15) is 0 Å². The van der Waals surface area contributed by atoms with Crippen molar-refractivity contribution >= 4 is 34.0 Å². The number of carbonyl (C=O) groups is 1. The van der Waals surface area contributed by atoms with Crippen molar-refractivity contribution in [3.8, 4) is 10.6 Å². The Labute approximate surface area is 148 Å². The number of rotatable bonds is 3. The zero-order valence-electron chi connectivity index (χ0n) is 13.5. The molecule has 0 atom stereocenters. The molecule has 4 rings (SSSR count). The summed E-state index contributed by atoms with van der Waals surface area (Å²) in [6.07, 6.45) is 6.43. The van der Waals surface area contributed by atoms with Crippen molar-refractivity contribution in [3.05, 3.63) is 36.1 Å². The highest BCUT2D eigenvalue weighted by Gasteiger charge is 2.39. The van der Waals surface area contributed by atoms with Gasteiger partial charge in [-0.25, -0.2) is 14.4 Å². The van der Waals surface area contributed by atoms with Crippen molar-refractivity contribution in [1.29, 1.82) is 0 Å². The van der Waals surface area contributed by atoms with Crippen LogP contribution in [0.2, 0.25) is 0 Å². The molecule has 0 spiro atoms. The lowest BCUT2D eigenvalue weighted by atomic mass is 9.86. The Morgan fingerprint density at radius 3 is 2.80 bits per heavy atom. The lowest BCUT2D eigenvalue weighted by Crippen LogP contribution is -2.40. The van der Waals surface area contributed by atoms with Gasteiger partial charge in [0.05, 0.1) is 21.6 Å². The minimum Gasteiger partial charge on any atom is -0.308 e. The molecule has 3 aromatic rings. The summed E-state index contributed by atoms with van der Waals surface area (Å²) in [6, 6.07) is 5.52. The van der Waals surface area contributed by atoms with Crippen LogP contribution in [-0.4, -0.2) is 26.5 Å². The summed E-state index contributed by atoms with van der Waals surface area (Å²) in [5, 5.41) is 3.48. The Kier molecular flexibility index (Phi) is 4.17. The number of nitrogens with one attached hydrogen (secondary N) is 1. The molecule has 3 aromatic heterocycles. The van der Waals surface area contributed by atoms with E-state index in [2.05, 4.69) is 20.3 Å². The number of halogens is 1. The van der Waals surface area contributed by atoms with Crippen molar-refractivity contribution in [2.24, 2.45) is 0 Å². The molecular weight excluding hydrogens is 339 g/mol. The molecule has 1 aliphatic carbocycles. The van der Waals surface area contributed by atoms with Crippen molar-refractivity contribution in [2.45, 2.75) is 37.8 Å². The number of carbonyl (C=O) groups excluding carboxylic acids is 1. The van der Waals surface area contributed by atoms with Crippen LogP contribution in [0.15, 0.2) is 36.1 Å².